The molecule has 0 saturated carbocycles. The van der Waals surface area contributed by atoms with Crippen LogP contribution in [-0.4, -0.2) is 27.1 Å². The van der Waals surface area contributed by atoms with Crippen molar-refractivity contribution in [2.45, 2.75) is 39.0 Å². The van der Waals surface area contributed by atoms with Gasteiger partial charge in [0.15, 0.2) is 5.15 Å². The third-order valence-electron chi connectivity index (χ3n) is 4.42. The number of hydrogen-bond donors (Lipinski definition) is 1. The van der Waals surface area contributed by atoms with Gasteiger partial charge in [0, 0.05) is 5.92 Å². The summed E-state index contributed by atoms with van der Waals surface area (Å²) in [6, 6.07) is 0. The number of allylic oxidation sites excluding steroid dienone is 2. The van der Waals surface area contributed by atoms with Crippen LogP contribution in [0.5, 0.6) is 0 Å². The van der Waals surface area contributed by atoms with Gasteiger partial charge in [-0.15, -0.1) is 0 Å². The van der Waals surface area contributed by atoms with Crippen LogP contribution in [0.25, 0.3) is 11.1 Å². The molecule has 0 aliphatic heterocycles. The molecule has 2 aromatic rings. The highest BCUT2D eigenvalue weighted by molar-refractivity contribution is 9.10. The lowest BCUT2D eigenvalue weighted by Gasteiger charge is -2.22. The fourth-order valence-corrected chi connectivity index (χ4v) is 4.04. The molecule has 0 radical (unpaired) electrons. The largest absolute Gasteiger partial charge is 0.449 e. The van der Waals surface area contributed by atoms with E-state index in [0.717, 1.165) is 36.3 Å². The Labute approximate surface area is 159 Å². The Morgan fingerprint density at radius 2 is 2.32 bits per heavy atom. The predicted octanol–water partition coefficient (Wildman–Crippen LogP) is 4.55. The maximum Gasteiger partial charge on any atom is 0.404 e. The van der Waals surface area contributed by atoms with Crippen LogP contribution in [0.2, 0.25) is 5.15 Å². The van der Waals surface area contributed by atoms with Crippen LogP contribution in [0.3, 0.4) is 0 Å². The van der Waals surface area contributed by atoms with Gasteiger partial charge in [0.1, 0.15) is 15.9 Å². The highest BCUT2D eigenvalue weighted by atomic mass is 79.9. The molecule has 1 atom stereocenters. The molecule has 0 aromatic carbocycles. The molecular weight excluding hydrogens is 408 g/mol. The van der Waals surface area contributed by atoms with Crippen molar-refractivity contribution < 1.29 is 9.53 Å². The van der Waals surface area contributed by atoms with E-state index in [2.05, 4.69) is 50.2 Å². The molecule has 0 saturated heterocycles. The summed E-state index contributed by atoms with van der Waals surface area (Å²) >= 11 is 9.81. The number of nitrogens with two attached hydrogens (primary N) is 1. The molecule has 0 bridgehead atoms. The van der Waals surface area contributed by atoms with Crippen LogP contribution in [0.15, 0.2) is 16.9 Å². The summed E-state index contributed by atoms with van der Waals surface area (Å²) in [5, 5.41) is 0.430. The standard InChI is InChI=1S/C17H20BrClN4O2/c1-9(2)16-22-14(18)13-15(19)21-7-12(23(13)16)11-5-3-10(4-6-11)8-25-17(20)24/h5,7,9-10H,3-4,6,8H2,1-2H3,(H2,20,24). The van der Waals surface area contributed by atoms with Crippen molar-refractivity contribution in [3.63, 3.8) is 0 Å². The molecule has 0 fully saturated rings. The van der Waals surface area contributed by atoms with Crippen LogP contribution in [0.1, 0.15) is 50.5 Å². The van der Waals surface area contributed by atoms with Gasteiger partial charge in [-0.2, -0.15) is 0 Å². The normalized spacial score (nSPS) is 17.8. The average Bonchev–Trinajstić information content (AvgIpc) is 2.93. The van der Waals surface area contributed by atoms with Crippen molar-refractivity contribution >= 4 is 44.7 Å². The second kappa shape index (κ2) is 7.33. The molecule has 0 spiro atoms. The number of fused-ring (bicyclic) bond motifs is 1. The van der Waals surface area contributed by atoms with Crippen LogP contribution < -0.4 is 5.73 Å². The summed E-state index contributed by atoms with van der Waals surface area (Å²) in [5.41, 5.74) is 8.05. The van der Waals surface area contributed by atoms with E-state index in [4.69, 9.17) is 22.1 Å². The molecule has 3 rings (SSSR count). The minimum absolute atomic E-state index is 0.247. The number of carbonyl (C=O) groups excluding carboxylic acids is 1. The van der Waals surface area contributed by atoms with E-state index in [1.807, 2.05) is 0 Å². The second-order valence-corrected chi connectivity index (χ2v) is 7.64. The van der Waals surface area contributed by atoms with E-state index in [-0.39, 0.29) is 5.92 Å². The minimum atomic E-state index is -0.719. The number of hydrogen-bond acceptors (Lipinski definition) is 4. The molecule has 1 aliphatic rings. The lowest BCUT2D eigenvalue weighted by Crippen LogP contribution is -2.20. The summed E-state index contributed by atoms with van der Waals surface area (Å²) in [7, 11) is 0. The molecule has 2 N–H and O–H groups in total. The predicted molar refractivity (Wildman–Crippen MR) is 101 cm³/mol. The monoisotopic (exact) mass is 426 g/mol. The molecule has 1 amide bonds. The van der Waals surface area contributed by atoms with Gasteiger partial charge in [-0.25, -0.2) is 14.8 Å². The van der Waals surface area contributed by atoms with E-state index >= 15 is 0 Å². The maximum atomic E-state index is 10.8. The number of aromatic nitrogens is 3. The summed E-state index contributed by atoms with van der Waals surface area (Å²) in [5.74, 6) is 1.49. The number of ether oxygens (including phenoxy) is 1. The fourth-order valence-electron chi connectivity index (χ4n) is 3.15. The molecule has 134 valence electrons. The van der Waals surface area contributed by atoms with Crippen LogP contribution >= 0.6 is 27.5 Å². The molecule has 2 heterocycles. The highest BCUT2D eigenvalue weighted by Crippen LogP contribution is 2.35. The Balaban J connectivity index is 1.97. The zero-order chi connectivity index (χ0) is 18.1. The lowest BCUT2D eigenvalue weighted by atomic mass is 9.89. The Hall–Kier alpha value is -1.60. The first-order valence-electron chi connectivity index (χ1n) is 8.22. The first-order valence-corrected chi connectivity index (χ1v) is 9.39. The third kappa shape index (κ3) is 3.67. The molecule has 25 heavy (non-hydrogen) atoms. The topological polar surface area (TPSA) is 82.5 Å². The van der Waals surface area contributed by atoms with E-state index in [0.29, 0.717) is 22.3 Å². The minimum Gasteiger partial charge on any atom is -0.449 e. The molecule has 2 aromatic heterocycles. The summed E-state index contributed by atoms with van der Waals surface area (Å²) in [4.78, 5) is 19.7. The fraction of sp³-hybridized carbons (Fsp3) is 0.471. The number of primary amides is 1. The average molecular weight is 428 g/mol. The Bertz CT molecular complexity index is 847. The summed E-state index contributed by atoms with van der Waals surface area (Å²) in [6.07, 6.45) is 5.90. The quantitative estimate of drug-likeness (QED) is 0.776. The second-order valence-electron chi connectivity index (χ2n) is 6.53. The number of imidazole rings is 1. The third-order valence-corrected chi connectivity index (χ3v) is 5.25. The molecule has 8 heteroatoms. The molecule has 1 unspecified atom stereocenters. The zero-order valence-electron chi connectivity index (χ0n) is 14.1. The lowest BCUT2D eigenvalue weighted by molar-refractivity contribution is 0.134. The van der Waals surface area contributed by atoms with Gasteiger partial charge >= 0.3 is 6.09 Å². The first-order chi connectivity index (χ1) is 11.9. The van der Waals surface area contributed by atoms with Crippen LogP contribution in [0.4, 0.5) is 4.79 Å². The SMILES string of the molecule is CC(C)c1nc(Br)c2c(Cl)ncc(C3=CCC(COC(N)=O)CC3)n12. The number of carbonyl (C=O) groups is 1. The molecular formula is C17H20BrClN4O2. The van der Waals surface area contributed by atoms with E-state index in [9.17, 15) is 4.79 Å². The highest BCUT2D eigenvalue weighted by Gasteiger charge is 2.23. The van der Waals surface area contributed by atoms with Gasteiger partial charge in [-0.3, -0.25) is 4.40 Å². The van der Waals surface area contributed by atoms with Gasteiger partial charge in [-0.1, -0.05) is 31.5 Å². The Kier molecular flexibility index (Phi) is 5.34. The Morgan fingerprint density at radius 1 is 1.56 bits per heavy atom. The van der Waals surface area contributed by atoms with Gasteiger partial charge in [-0.05, 0) is 46.7 Å². The Morgan fingerprint density at radius 3 is 2.92 bits per heavy atom. The maximum absolute atomic E-state index is 10.8. The number of rotatable bonds is 4. The van der Waals surface area contributed by atoms with Crippen LogP contribution in [-0.2, 0) is 4.74 Å². The van der Waals surface area contributed by atoms with Gasteiger partial charge in [0.2, 0.25) is 0 Å². The first kappa shape index (κ1) is 18.2. The van der Waals surface area contributed by atoms with Crippen molar-refractivity contribution in [2.75, 3.05) is 6.61 Å². The van der Waals surface area contributed by atoms with Crippen molar-refractivity contribution in [2.24, 2.45) is 11.7 Å². The van der Waals surface area contributed by atoms with Crippen molar-refractivity contribution in [1.29, 1.82) is 0 Å². The van der Waals surface area contributed by atoms with Gasteiger partial charge in [0.05, 0.1) is 18.5 Å². The number of halogens is 2. The number of amides is 1. The number of nitrogens with zero attached hydrogens (tertiary/aromatic N) is 3. The molecule has 6 nitrogen and oxygen atoms in total. The van der Waals surface area contributed by atoms with Crippen molar-refractivity contribution in [3.8, 4) is 0 Å². The zero-order valence-corrected chi connectivity index (χ0v) is 16.5. The van der Waals surface area contributed by atoms with E-state index < -0.39 is 6.09 Å². The van der Waals surface area contributed by atoms with Gasteiger partial charge in [0.25, 0.3) is 0 Å². The van der Waals surface area contributed by atoms with Crippen molar-refractivity contribution in [3.05, 3.63) is 33.5 Å². The van der Waals surface area contributed by atoms with E-state index in [1.54, 1.807) is 6.20 Å². The summed E-state index contributed by atoms with van der Waals surface area (Å²) < 4.78 is 7.72. The smallest absolute Gasteiger partial charge is 0.404 e. The van der Waals surface area contributed by atoms with Crippen molar-refractivity contribution in [1.82, 2.24) is 14.4 Å². The molecule has 1 aliphatic carbocycles. The van der Waals surface area contributed by atoms with E-state index in [1.165, 1.54) is 5.57 Å². The summed E-state index contributed by atoms with van der Waals surface area (Å²) in [6.45, 7) is 4.57. The van der Waals surface area contributed by atoms with Crippen LogP contribution in [0, 0.1) is 5.92 Å². The van der Waals surface area contributed by atoms with Gasteiger partial charge < -0.3 is 10.5 Å².